The van der Waals surface area contributed by atoms with Crippen molar-refractivity contribution in [3.05, 3.63) is 74.4 Å². The maximum Gasteiger partial charge on any atom is 0.417 e. The number of anilines is 3. The molecule has 2 unspecified atom stereocenters. The SMILES string of the molecule is CC1CN(c2cc(F)c(C3=CCN(c4ncc(C#N)s4)CC3)cc2NC(=O)c2c[nH]c(=O)cc2C(F)(F)F)CC(C)N1C. The zero-order valence-electron chi connectivity index (χ0n) is 23.6. The lowest BCUT2D eigenvalue weighted by atomic mass is 9.97. The van der Waals surface area contributed by atoms with Gasteiger partial charge in [-0.05, 0) is 45.0 Å². The van der Waals surface area contributed by atoms with Crippen molar-refractivity contribution in [2.75, 3.05) is 48.3 Å². The second kappa shape index (κ2) is 11.8. The van der Waals surface area contributed by atoms with Gasteiger partial charge in [0.1, 0.15) is 16.8 Å². The van der Waals surface area contributed by atoms with Gasteiger partial charge in [0.25, 0.3) is 5.91 Å². The molecule has 226 valence electrons. The van der Waals surface area contributed by atoms with Crippen LogP contribution in [0.15, 0.2) is 41.5 Å². The van der Waals surface area contributed by atoms with Crippen LogP contribution in [0.25, 0.3) is 5.57 Å². The van der Waals surface area contributed by atoms with E-state index in [1.807, 2.05) is 36.8 Å². The number of hydrogen-bond donors (Lipinski definition) is 2. The normalized spacial score (nSPS) is 19.6. The Morgan fingerprint density at radius 2 is 1.91 bits per heavy atom. The van der Waals surface area contributed by atoms with Crippen LogP contribution in [-0.2, 0) is 6.18 Å². The summed E-state index contributed by atoms with van der Waals surface area (Å²) in [6.07, 6.45) is -0.432. The van der Waals surface area contributed by atoms with Crippen molar-refractivity contribution in [1.29, 1.82) is 5.26 Å². The second-order valence-corrected chi connectivity index (χ2v) is 11.7. The molecule has 43 heavy (non-hydrogen) atoms. The quantitative estimate of drug-likeness (QED) is 0.392. The summed E-state index contributed by atoms with van der Waals surface area (Å²) in [5.41, 5.74) is -1.70. The fourth-order valence-electron chi connectivity index (χ4n) is 5.41. The number of amides is 1. The number of thiazole rings is 1. The van der Waals surface area contributed by atoms with Crippen LogP contribution in [0.5, 0.6) is 0 Å². The summed E-state index contributed by atoms with van der Waals surface area (Å²) in [5, 5.41) is 12.4. The Hall–Kier alpha value is -4.22. The molecule has 0 bridgehead atoms. The number of aromatic nitrogens is 2. The van der Waals surface area contributed by atoms with Gasteiger partial charge < -0.3 is 20.1 Å². The van der Waals surface area contributed by atoms with E-state index < -0.39 is 34.6 Å². The third kappa shape index (κ3) is 6.28. The van der Waals surface area contributed by atoms with Crippen LogP contribution < -0.4 is 20.7 Å². The first kappa shape index (κ1) is 30.2. The highest BCUT2D eigenvalue weighted by Gasteiger charge is 2.36. The molecule has 2 N–H and O–H groups in total. The number of likely N-dealkylation sites (N-methyl/N-ethyl adjacent to an activating group) is 1. The smallest absolute Gasteiger partial charge is 0.367 e. The van der Waals surface area contributed by atoms with Crippen molar-refractivity contribution < 1.29 is 22.4 Å². The van der Waals surface area contributed by atoms with Crippen molar-refractivity contribution >= 4 is 39.3 Å². The Bertz CT molecular complexity index is 1660. The number of carbonyl (C=O) groups excluding carboxylic acids is 1. The standard InChI is InChI=1S/C29H29F4N7O2S/c1-16-14-40(15-17(2)38(16)3)25-10-23(30)20(18-4-6-39(7-5-18)28-36-12-19(11-34)43-28)8-24(25)37-27(42)21-13-35-26(41)9-22(21)29(31,32)33/h4,8-10,12-13,16-17H,5-7,14-15H2,1-3H3,(H,35,41)(H,37,42). The number of halogens is 4. The number of carbonyl (C=O) groups is 1. The van der Waals surface area contributed by atoms with Crippen LogP contribution in [0.4, 0.5) is 34.1 Å². The van der Waals surface area contributed by atoms with E-state index in [1.165, 1.54) is 29.7 Å². The molecular weight excluding hydrogens is 586 g/mol. The number of nitriles is 1. The van der Waals surface area contributed by atoms with Crippen LogP contribution in [0, 0.1) is 17.1 Å². The van der Waals surface area contributed by atoms with Gasteiger partial charge in [-0.1, -0.05) is 17.4 Å². The summed E-state index contributed by atoms with van der Waals surface area (Å²) in [4.78, 5) is 37.9. The molecule has 2 atom stereocenters. The largest absolute Gasteiger partial charge is 0.417 e. The van der Waals surface area contributed by atoms with E-state index in [1.54, 1.807) is 0 Å². The van der Waals surface area contributed by atoms with Gasteiger partial charge in [0.2, 0.25) is 5.56 Å². The summed E-state index contributed by atoms with van der Waals surface area (Å²) in [5.74, 6) is -1.61. The molecule has 3 aromatic rings. The Kier molecular flexibility index (Phi) is 8.31. The molecule has 1 saturated heterocycles. The van der Waals surface area contributed by atoms with E-state index in [0.29, 0.717) is 59.9 Å². The molecule has 0 radical (unpaired) electrons. The zero-order chi connectivity index (χ0) is 31.1. The second-order valence-electron chi connectivity index (χ2n) is 10.7. The lowest BCUT2D eigenvalue weighted by molar-refractivity contribution is -0.138. The number of H-pyrrole nitrogens is 1. The first-order valence-electron chi connectivity index (χ1n) is 13.6. The Morgan fingerprint density at radius 3 is 2.51 bits per heavy atom. The highest BCUT2D eigenvalue weighted by atomic mass is 32.1. The van der Waals surface area contributed by atoms with Crippen molar-refractivity contribution in [2.45, 2.75) is 38.5 Å². The molecule has 14 heteroatoms. The number of piperazine rings is 1. The summed E-state index contributed by atoms with van der Waals surface area (Å²) >= 11 is 1.26. The van der Waals surface area contributed by atoms with Gasteiger partial charge in [0.15, 0.2) is 5.13 Å². The van der Waals surface area contributed by atoms with Gasteiger partial charge in [-0.2, -0.15) is 18.4 Å². The van der Waals surface area contributed by atoms with E-state index in [4.69, 9.17) is 5.26 Å². The van der Waals surface area contributed by atoms with E-state index in [0.717, 1.165) is 6.20 Å². The summed E-state index contributed by atoms with van der Waals surface area (Å²) in [6.45, 7) is 5.96. The third-order valence-electron chi connectivity index (χ3n) is 7.94. The van der Waals surface area contributed by atoms with Crippen LogP contribution in [0.2, 0.25) is 0 Å². The van der Waals surface area contributed by atoms with Crippen molar-refractivity contribution in [1.82, 2.24) is 14.9 Å². The Morgan fingerprint density at radius 1 is 1.19 bits per heavy atom. The van der Waals surface area contributed by atoms with Gasteiger partial charge in [-0.25, -0.2) is 9.37 Å². The number of nitrogens with zero attached hydrogens (tertiary/aromatic N) is 5. The molecule has 0 saturated carbocycles. The molecule has 0 aliphatic carbocycles. The number of pyridine rings is 1. The van der Waals surface area contributed by atoms with E-state index in [-0.39, 0.29) is 23.3 Å². The van der Waals surface area contributed by atoms with Crippen molar-refractivity contribution in [3.63, 3.8) is 0 Å². The Labute approximate surface area is 249 Å². The maximum absolute atomic E-state index is 15.8. The predicted molar refractivity (Wildman–Crippen MR) is 157 cm³/mol. The minimum Gasteiger partial charge on any atom is -0.367 e. The minimum atomic E-state index is -4.94. The van der Waals surface area contributed by atoms with Crippen molar-refractivity contribution in [2.24, 2.45) is 0 Å². The number of alkyl halides is 3. The van der Waals surface area contributed by atoms with Gasteiger partial charge in [-0.15, -0.1) is 0 Å². The van der Waals surface area contributed by atoms with Crippen LogP contribution >= 0.6 is 11.3 Å². The van der Waals surface area contributed by atoms with E-state index in [2.05, 4.69) is 26.3 Å². The molecule has 9 nitrogen and oxygen atoms in total. The summed E-state index contributed by atoms with van der Waals surface area (Å²) < 4.78 is 57.0. The molecule has 2 aromatic heterocycles. The fraction of sp³-hybridized carbons (Fsp3) is 0.379. The number of rotatable bonds is 5. The minimum absolute atomic E-state index is 0.0884. The monoisotopic (exact) mass is 615 g/mol. The molecular formula is C29H29F4N7O2S. The lowest BCUT2D eigenvalue weighted by Gasteiger charge is -2.44. The average molecular weight is 616 g/mol. The number of hydrogen-bond acceptors (Lipinski definition) is 8. The molecule has 1 amide bonds. The first-order chi connectivity index (χ1) is 20.3. The Balaban J connectivity index is 1.52. The van der Waals surface area contributed by atoms with E-state index in [9.17, 15) is 22.8 Å². The number of nitrogens with one attached hydrogen (secondary N) is 2. The molecule has 1 fully saturated rings. The number of benzene rings is 1. The highest BCUT2D eigenvalue weighted by molar-refractivity contribution is 7.16. The molecule has 0 spiro atoms. The van der Waals surface area contributed by atoms with Crippen LogP contribution in [0.3, 0.4) is 0 Å². The average Bonchev–Trinajstić information content (AvgIpc) is 3.45. The van der Waals surface area contributed by atoms with Gasteiger partial charge in [-0.3, -0.25) is 14.5 Å². The molecule has 2 aliphatic heterocycles. The summed E-state index contributed by atoms with van der Waals surface area (Å²) in [7, 11) is 1.99. The van der Waals surface area contributed by atoms with Crippen LogP contribution in [0.1, 0.15) is 46.6 Å². The van der Waals surface area contributed by atoms with E-state index >= 15 is 4.39 Å². The molecule has 1 aromatic carbocycles. The summed E-state index contributed by atoms with van der Waals surface area (Å²) in [6, 6.07) is 5.37. The van der Waals surface area contributed by atoms with Crippen LogP contribution in [-0.4, -0.2) is 66.1 Å². The highest BCUT2D eigenvalue weighted by Crippen LogP contribution is 2.38. The van der Waals surface area contributed by atoms with Gasteiger partial charge in [0, 0.05) is 56.1 Å². The van der Waals surface area contributed by atoms with Gasteiger partial charge in [0.05, 0.1) is 28.7 Å². The lowest BCUT2D eigenvalue weighted by Crippen LogP contribution is -2.55. The topological polar surface area (TPSA) is 108 Å². The molecule has 2 aliphatic rings. The predicted octanol–water partition coefficient (Wildman–Crippen LogP) is 4.94. The zero-order valence-corrected chi connectivity index (χ0v) is 24.4. The molecule has 5 rings (SSSR count). The maximum atomic E-state index is 15.8. The first-order valence-corrected chi connectivity index (χ1v) is 14.4. The van der Waals surface area contributed by atoms with Crippen molar-refractivity contribution in [3.8, 4) is 6.07 Å². The molecule has 4 heterocycles. The fourth-order valence-corrected chi connectivity index (χ4v) is 6.15. The number of aromatic amines is 1. The van der Waals surface area contributed by atoms with Gasteiger partial charge >= 0.3 is 6.18 Å². The third-order valence-corrected chi connectivity index (χ3v) is 8.90.